The summed E-state index contributed by atoms with van der Waals surface area (Å²) in [7, 11) is 0. The minimum atomic E-state index is 0.213. The number of fused-ring (bicyclic) bond motifs is 1. The van der Waals surface area contributed by atoms with Crippen LogP contribution < -0.4 is 0 Å². The zero-order valence-electron chi connectivity index (χ0n) is 13.9. The number of hydrogen-bond donors (Lipinski definition) is 0. The third-order valence-corrected chi connectivity index (χ3v) is 5.61. The number of likely N-dealkylation sites (tertiary alicyclic amines) is 1. The molecule has 2 aromatic carbocycles. The van der Waals surface area contributed by atoms with Gasteiger partial charge in [0, 0.05) is 23.9 Å². The Bertz CT molecular complexity index is 821. The first-order valence-electron chi connectivity index (χ1n) is 8.61. The van der Waals surface area contributed by atoms with Gasteiger partial charge >= 0.3 is 0 Å². The van der Waals surface area contributed by atoms with E-state index in [9.17, 15) is 4.79 Å². The van der Waals surface area contributed by atoms with Gasteiger partial charge in [-0.1, -0.05) is 30.3 Å². The molecule has 1 amide bonds. The highest BCUT2D eigenvalue weighted by molar-refractivity contribution is 8.00. The number of amides is 1. The maximum atomic E-state index is 12.4. The van der Waals surface area contributed by atoms with E-state index in [1.54, 1.807) is 11.8 Å². The first-order chi connectivity index (χ1) is 12.3. The summed E-state index contributed by atoms with van der Waals surface area (Å²) < 4.78 is 5.89. The standard InChI is InChI=1S/C20H20N2O2S/c23-19(14-25-16-6-2-1-3-7-16)22-12-10-15(11-13-22)20-21-17-8-4-5-9-18(17)24-20/h1-9,15H,10-14H2. The Morgan fingerprint density at radius 2 is 1.80 bits per heavy atom. The van der Waals surface area contributed by atoms with Crippen LogP contribution >= 0.6 is 11.8 Å². The quantitative estimate of drug-likeness (QED) is 0.656. The predicted octanol–water partition coefficient (Wildman–Crippen LogP) is 4.33. The Morgan fingerprint density at radius 3 is 2.56 bits per heavy atom. The average molecular weight is 352 g/mol. The lowest BCUT2D eigenvalue weighted by Crippen LogP contribution is -2.39. The molecule has 1 fully saturated rings. The summed E-state index contributed by atoms with van der Waals surface area (Å²) in [6.45, 7) is 1.55. The van der Waals surface area contributed by atoms with Gasteiger partial charge in [-0.15, -0.1) is 11.8 Å². The summed E-state index contributed by atoms with van der Waals surface area (Å²) in [4.78, 5) is 20.1. The maximum Gasteiger partial charge on any atom is 0.232 e. The lowest BCUT2D eigenvalue weighted by atomic mass is 9.97. The second-order valence-corrected chi connectivity index (χ2v) is 7.33. The van der Waals surface area contributed by atoms with Crippen molar-refractivity contribution >= 4 is 28.8 Å². The molecule has 5 heteroatoms. The van der Waals surface area contributed by atoms with Crippen molar-refractivity contribution in [2.75, 3.05) is 18.8 Å². The van der Waals surface area contributed by atoms with Gasteiger partial charge in [-0.25, -0.2) is 4.98 Å². The SMILES string of the molecule is O=C(CSc1ccccc1)N1CCC(c2nc3ccccc3o2)CC1. The Hall–Kier alpha value is -2.27. The summed E-state index contributed by atoms with van der Waals surface area (Å²) in [6.07, 6.45) is 1.82. The lowest BCUT2D eigenvalue weighted by Gasteiger charge is -2.30. The molecule has 25 heavy (non-hydrogen) atoms. The van der Waals surface area contributed by atoms with E-state index in [0.717, 1.165) is 47.8 Å². The van der Waals surface area contributed by atoms with Crippen LogP contribution in [0.4, 0.5) is 0 Å². The molecule has 3 aromatic rings. The van der Waals surface area contributed by atoms with Crippen molar-refractivity contribution in [2.24, 2.45) is 0 Å². The fourth-order valence-electron chi connectivity index (χ4n) is 3.19. The van der Waals surface area contributed by atoms with Gasteiger partial charge in [-0.2, -0.15) is 0 Å². The minimum Gasteiger partial charge on any atom is -0.440 e. The second kappa shape index (κ2) is 7.31. The van der Waals surface area contributed by atoms with Gasteiger partial charge in [0.05, 0.1) is 5.75 Å². The molecule has 0 unspecified atom stereocenters. The van der Waals surface area contributed by atoms with Crippen LogP contribution in [-0.4, -0.2) is 34.6 Å². The summed E-state index contributed by atoms with van der Waals surface area (Å²) >= 11 is 1.60. The van der Waals surface area contributed by atoms with E-state index in [2.05, 4.69) is 4.98 Å². The fraction of sp³-hybridized carbons (Fsp3) is 0.300. The van der Waals surface area contributed by atoms with Gasteiger partial charge in [0.15, 0.2) is 11.5 Å². The number of aromatic nitrogens is 1. The largest absolute Gasteiger partial charge is 0.440 e. The Labute approximate surface area is 151 Å². The molecule has 1 aromatic heterocycles. The van der Waals surface area contributed by atoms with Crippen LogP contribution in [0.5, 0.6) is 0 Å². The maximum absolute atomic E-state index is 12.4. The number of carbonyl (C=O) groups is 1. The normalized spacial score (nSPS) is 15.6. The monoisotopic (exact) mass is 352 g/mol. The van der Waals surface area contributed by atoms with E-state index in [0.29, 0.717) is 11.7 Å². The number of nitrogens with zero attached hydrogens (tertiary/aromatic N) is 2. The molecule has 1 saturated heterocycles. The first-order valence-corrected chi connectivity index (χ1v) is 9.59. The summed E-state index contributed by atoms with van der Waals surface area (Å²) in [5.74, 6) is 1.83. The molecule has 0 atom stereocenters. The van der Waals surface area contributed by atoms with E-state index in [1.807, 2.05) is 59.5 Å². The van der Waals surface area contributed by atoms with Crippen LogP contribution in [0.25, 0.3) is 11.1 Å². The second-order valence-electron chi connectivity index (χ2n) is 6.28. The number of piperidine rings is 1. The molecule has 128 valence electrons. The average Bonchev–Trinajstić information content (AvgIpc) is 3.11. The van der Waals surface area contributed by atoms with Crippen LogP contribution in [0.3, 0.4) is 0 Å². The van der Waals surface area contributed by atoms with Crippen LogP contribution in [0, 0.1) is 0 Å². The van der Waals surface area contributed by atoms with Gasteiger partial charge in [0.1, 0.15) is 5.52 Å². The topological polar surface area (TPSA) is 46.3 Å². The molecular formula is C20H20N2O2S. The highest BCUT2D eigenvalue weighted by Gasteiger charge is 2.26. The Kier molecular flexibility index (Phi) is 4.74. The summed E-state index contributed by atoms with van der Waals surface area (Å²) in [5.41, 5.74) is 1.76. The molecule has 0 bridgehead atoms. The van der Waals surface area contributed by atoms with E-state index in [4.69, 9.17) is 4.42 Å². The van der Waals surface area contributed by atoms with Crippen LogP contribution in [0.15, 0.2) is 63.9 Å². The summed E-state index contributed by atoms with van der Waals surface area (Å²) in [6, 6.07) is 17.9. The number of para-hydroxylation sites is 2. The van der Waals surface area contributed by atoms with E-state index in [-0.39, 0.29) is 5.91 Å². The van der Waals surface area contributed by atoms with Crippen molar-refractivity contribution in [2.45, 2.75) is 23.7 Å². The number of rotatable bonds is 4. The fourth-order valence-corrected chi connectivity index (χ4v) is 4.02. The molecular weight excluding hydrogens is 332 g/mol. The highest BCUT2D eigenvalue weighted by atomic mass is 32.2. The number of benzene rings is 2. The van der Waals surface area contributed by atoms with Crippen molar-refractivity contribution in [3.63, 3.8) is 0 Å². The number of thioether (sulfide) groups is 1. The molecule has 1 aliphatic rings. The van der Waals surface area contributed by atoms with Crippen molar-refractivity contribution in [3.8, 4) is 0 Å². The number of carbonyl (C=O) groups excluding carboxylic acids is 1. The number of oxazole rings is 1. The predicted molar refractivity (Wildman–Crippen MR) is 99.7 cm³/mol. The molecule has 0 saturated carbocycles. The van der Waals surface area contributed by atoms with Crippen molar-refractivity contribution in [1.29, 1.82) is 0 Å². The van der Waals surface area contributed by atoms with Gasteiger partial charge in [0.25, 0.3) is 0 Å². The van der Waals surface area contributed by atoms with Crippen LogP contribution in [0.1, 0.15) is 24.7 Å². The Balaban J connectivity index is 1.32. The van der Waals surface area contributed by atoms with E-state index < -0.39 is 0 Å². The van der Waals surface area contributed by atoms with Crippen molar-refractivity contribution < 1.29 is 9.21 Å². The molecule has 1 aliphatic heterocycles. The van der Waals surface area contributed by atoms with Crippen molar-refractivity contribution in [3.05, 3.63) is 60.5 Å². The zero-order chi connectivity index (χ0) is 17.1. The minimum absolute atomic E-state index is 0.213. The van der Waals surface area contributed by atoms with Gasteiger partial charge in [-0.05, 0) is 37.1 Å². The van der Waals surface area contributed by atoms with Gasteiger partial charge in [-0.3, -0.25) is 4.79 Å². The third-order valence-electron chi connectivity index (χ3n) is 4.61. The van der Waals surface area contributed by atoms with E-state index >= 15 is 0 Å². The number of hydrogen-bond acceptors (Lipinski definition) is 4. The first kappa shape index (κ1) is 16.2. The van der Waals surface area contributed by atoms with Crippen LogP contribution in [-0.2, 0) is 4.79 Å². The molecule has 2 heterocycles. The van der Waals surface area contributed by atoms with Gasteiger partial charge in [0.2, 0.25) is 5.91 Å². The van der Waals surface area contributed by atoms with Crippen LogP contribution in [0.2, 0.25) is 0 Å². The lowest BCUT2D eigenvalue weighted by molar-refractivity contribution is -0.129. The molecule has 4 nitrogen and oxygen atoms in total. The molecule has 0 spiro atoms. The highest BCUT2D eigenvalue weighted by Crippen LogP contribution is 2.30. The van der Waals surface area contributed by atoms with Gasteiger partial charge < -0.3 is 9.32 Å². The molecule has 0 radical (unpaired) electrons. The molecule has 0 aliphatic carbocycles. The van der Waals surface area contributed by atoms with Crippen molar-refractivity contribution in [1.82, 2.24) is 9.88 Å². The third kappa shape index (κ3) is 3.71. The smallest absolute Gasteiger partial charge is 0.232 e. The Morgan fingerprint density at radius 1 is 1.08 bits per heavy atom. The molecule has 4 rings (SSSR count). The molecule has 0 N–H and O–H groups in total. The summed E-state index contributed by atoms with van der Waals surface area (Å²) in [5, 5.41) is 0. The zero-order valence-corrected chi connectivity index (χ0v) is 14.7. The van der Waals surface area contributed by atoms with E-state index in [1.165, 1.54) is 0 Å².